The summed E-state index contributed by atoms with van der Waals surface area (Å²) in [6.45, 7) is 9.30. The second kappa shape index (κ2) is 7.51. The van der Waals surface area contributed by atoms with Crippen molar-refractivity contribution in [1.82, 2.24) is 15.6 Å². The van der Waals surface area contributed by atoms with Gasteiger partial charge in [0.15, 0.2) is 0 Å². The first kappa shape index (κ1) is 19.7. The standard InChI is InChI=1S/C17H28N4O3/c1-16(2,3)24-15(23)19-11-17(4,5)20-14(22)12-8-9-18-13(10-12)21(6)7/h8-10H,11H2,1-7H3,(H,19,23)(H,20,22). The third kappa shape index (κ3) is 6.85. The lowest BCUT2D eigenvalue weighted by Crippen LogP contribution is -2.52. The number of carbonyl (C=O) groups excluding carboxylic acids is 2. The minimum atomic E-state index is -0.629. The minimum Gasteiger partial charge on any atom is -0.444 e. The Kier molecular flexibility index (Phi) is 6.17. The lowest BCUT2D eigenvalue weighted by molar-refractivity contribution is 0.0509. The smallest absolute Gasteiger partial charge is 0.407 e. The normalized spacial score (nSPS) is 11.6. The fourth-order valence-corrected chi connectivity index (χ4v) is 1.84. The van der Waals surface area contributed by atoms with Gasteiger partial charge >= 0.3 is 6.09 Å². The van der Waals surface area contributed by atoms with Crippen LogP contribution < -0.4 is 15.5 Å². The van der Waals surface area contributed by atoms with E-state index in [1.54, 1.807) is 39.1 Å². The van der Waals surface area contributed by atoms with Gasteiger partial charge in [-0.2, -0.15) is 0 Å². The highest BCUT2D eigenvalue weighted by atomic mass is 16.6. The number of alkyl carbamates (subject to hydrolysis) is 1. The van der Waals surface area contributed by atoms with Crippen LogP contribution in [0.1, 0.15) is 45.0 Å². The van der Waals surface area contributed by atoms with Gasteiger partial charge in [0.2, 0.25) is 0 Å². The Morgan fingerprint density at radius 1 is 1.21 bits per heavy atom. The highest BCUT2D eigenvalue weighted by molar-refractivity contribution is 5.95. The molecule has 7 heteroatoms. The summed E-state index contributed by atoms with van der Waals surface area (Å²) < 4.78 is 5.19. The first-order valence-electron chi connectivity index (χ1n) is 7.82. The fourth-order valence-electron chi connectivity index (χ4n) is 1.84. The third-order valence-electron chi connectivity index (χ3n) is 2.99. The van der Waals surface area contributed by atoms with Crippen LogP contribution in [0.25, 0.3) is 0 Å². The van der Waals surface area contributed by atoms with E-state index < -0.39 is 17.2 Å². The van der Waals surface area contributed by atoms with Gasteiger partial charge in [-0.1, -0.05) is 0 Å². The van der Waals surface area contributed by atoms with E-state index in [0.717, 1.165) is 0 Å². The summed E-state index contributed by atoms with van der Waals surface area (Å²) in [5.74, 6) is 0.476. The molecule has 0 atom stereocenters. The summed E-state index contributed by atoms with van der Waals surface area (Å²) in [6, 6.07) is 3.37. The maximum Gasteiger partial charge on any atom is 0.407 e. The molecule has 0 saturated carbocycles. The molecule has 0 fully saturated rings. The van der Waals surface area contributed by atoms with Crippen molar-refractivity contribution in [3.63, 3.8) is 0 Å². The number of hydrogen-bond acceptors (Lipinski definition) is 5. The van der Waals surface area contributed by atoms with Gasteiger partial charge in [-0.15, -0.1) is 0 Å². The highest BCUT2D eigenvalue weighted by Crippen LogP contribution is 2.11. The maximum atomic E-state index is 12.4. The number of anilines is 1. The zero-order chi connectivity index (χ0) is 18.5. The second-order valence-electron chi connectivity index (χ2n) is 7.49. The fraction of sp³-hybridized carbons (Fsp3) is 0.588. The number of carbonyl (C=O) groups is 2. The van der Waals surface area contributed by atoms with Gasteiger partial charge in [0.1, 0.15) is 11.4 Å². The molecule has 1 aromatic heterocycles. The van der Waals surface area contributed by atoms with Gasteiger partial charge < -0.3 is 20.3 Å². The van der Waals surface area contributed by atoms with Crippen molar-refractivity contribution >= 4 is 17.8 Å². The number of amides is 2. The molecule has 0 radical (unpaired) electrons. The molecule has 0 aliphatic heterocycles. The van der Waals surface area contributed by atoms with Crippen LogP contribution in [0.15, 0.2) is 18.3 Å². The SMILES string of the molecule is CN(C)c1cc(C(=O)NC(C)(C)CNC(=O)OC(C)(C)C)ccn1. The average molecular weight is 336 g/mol. The van der Waals surface area contributed by atoms with Crippen LogP contribution in [-0.2, 0) is 4.74 Å². The third-order valence-corrected chi connectivity index (χ3v) is 2.99. The van der Waals surface area contributed by atoms with Gasteiger partial charge in [-0.3, -0.25) is 4.79 Å². The van der Waals surface area contributed by atoms with Crippen LogP contribution in [0.4, 0.5) is 10.6 Å². The topological polar surface area (TPSA) is 83.6 Å². The predicted molar refractivity (Wildman–Crippen MR) is 94.3 cm³/mol. The van der Waals surface area contributed by atoms with Gasteiger partial charge in [0.05, 0.1) is 5.54 Å². The number of ether oxygens (including phenoxy) is 1. The molecule has 0 spiro atoms. The summed E-state index contributed by atoms with van der Waals surface area (Å²) in [5, 5.41) is 5.57. The quantitative estimate of drug-likeness (QED) is 0.861. The second-order valence-corrected chi connectivity index (χ2v) is 7.49. The van der Waals surface area contributed by atoms with Gasteiger partial charge in [0.25, 0.3) is 5.91 Å². The maximum absolute atomic E-state index is 12.4. The number of nitrogens with zero attached hydrogens (tertiary/aromatic N) is 2. The van der Waals surface area contributed by atoms with E-state index in [0.29, 0.717) is 11.4 Å². The van der Waals surface area contributed by atoms with E-state index in [9.17, 15) is 9.59 Å². The van der Waals surface area contributed by atoms with Gasteiger partial charge in [-0.05, 0) is 46.8 Å². The highest BCUT2D eigenvalue weighted by Gasteiger charge is 2.24. The average Bonchev–Trinajstić information content (AvgIpc) is 2.43. The molecular formula is C17H28N4O3. The van der Waals surface area contributed by atoms with Crippen molar-refractivity contribution in [2.75, 3.05) is 25.5 Å². The zero-order valence-corrected chi connectivity index (χ0v) is 15.6. The number of hydrogen-bond donors (Lipinski definition) is 2. The van der Waals surface area contributed by atoms with E-state index in [4.69, 9.17) is 4.74 Å². The molecule has 2 N–H and O–H groups in total. The number of nitrogens with one attached hydrogen (secondary N) is 2. The molecule has 0 saturated heterocycles. The Morgan fingerprint density at radius 2 is 1.83 bits per heavy atom. The van der Waals surface area contributed by atoms with Crippen LogP contribution in [-0.4, -0.2) is 48.8 Å². The van der Waals surface area contributed by atoms with Crippen LogP contribution >= 0.6 is 0 Å². The Balaban J connectivity index is 2.64. The molecular weight excluding hydrogens is 308 g/mol. The molecule has 1 heterocycles. The Morgan fingerprint density at radius 3 is 2.38 bits per heavy atom. The number of aromatic nitrogens is 1. The predicted octanol–water partition coefficient (Wildman–Crippen LogP) is 2.18. The molecule has 0 aliphatic rings. The summed E-state index contributed by atoms with van der Waals surface area (Å²) in [5.41, 5.74) is -0.675. The van der Waals surface area contributed by atoms with Crippen molar-refractivity contribution in [2.45, 2.75) is 45.8 Å². The van der Waals surface area contributed by atoms with E-state index in [-0.39, 0.29) is 12.5 Å². The molecule has 1 aromatic rings. The number of rotatable bonds is 5. The van der Waals surface area contributed by atoms with Crippen LogP contribution in [0.2, 0.25) is 0 Å². The zero-order valence-electron chi connectivity index (χ0n) is 15.6. The summed E-state index contributed by atoms with van der Waals surface area (Å²) in [7, 11) is 3.72. The van der Waals surface area contributed by atoms with Gasteiger partial charge in [-0.25, -0.2) is 9.78 Å². The Bertz CT molecular complexity index is 592. The molecule has 0 bridgehead atoms. The van der Waals surface area contributed by atoms with Crippen LogP contribution in [0, 0.1) is 0 Å². The molecule has 0 unspecified atom stereocenters. The Hall–Kier alpha value is -2.31. The van der Waals surface area contributed by atoms with Crippen LogP contribution in [0.5, 0.6) is 0 Å². The van der Waals surface area contributed by atoms with Crippen LogP contribution in [0.3, 0.4) is 0 Å². The van der Waals surface area contributed by atoms with Crippen molar-refractivity contribution in [3.8, 4) is 0 Å². The molecule has 1 rings (SSSR count). The lowest BCUT2D eigenvalue weighted by atomic mass is 10.0. The van der Waals surface area contributed by atoms with E-state index >= 15 is 0 Å². The number of pyridine rings is 1. The minimum absolute atomic E-state index is 0.225. The summed E-state index contributed by atoms with van der Waals surface area (Å²) in [6.07, 6.45) is 1.08. The molecule has 134 valence electrons. The van der Waals surface area contributed by atoms with E-state index in [1.165, 1.54) is 0 Å². The van der Waals surface area contributed by atoms with E-state index in [2.05, 4.69) is 15.6 Å². The Labute approximate surface area is 143 Å². The molecule has 24 heavy (non-hydrogen) atoms. The molecule has 7 nitrogen and oxygen atoms in total. The first-order valence-corrected chi connectivity index (χ1v) is 7.82. The molecule has 0 aromatic carbocycles. The lowest BCUT2D eigenvalue weighted by Gasteiger charge is -2.28. The monoisotopic (exact) mass is 336 g/mol. The summed E-state index contributed by atoms with van der Waals surface area (Å²) in [4.78, 5) is 30.1. The van der Waals surface area contributed by atoms with Crippen molar-refractivity contribution in [2.24, 2.45) is 0 Å². The van der Waals surface area contributed by atoms with Crippen molar-refractivity contribution in [1.29, 1.82) is 0 Å². The summed E-state index contributed by atoms with van der Waals surface area (Å²) >= 11 is 0. The van der Waals surface area contributed by atoms with E-state index in [1.807, 2.05) is 32.8 Å². The largest absolute Gasteiger partial charge is 0.444 e. The van der Waals surface area contributed by atoms with Crippen molar-refractivity contribution in [3.05, 3.63) is 23.9 Å². The molecule has 0 aliphatic carbocycles. The first-order chi connectivity index (χ1) is 10.9. The van der Waals surface area contributed by atoms with Gasteiger partial charge in [0, 0.05) is 32.4 Å². The molecule has 2 amide bonds. The van der Waals surface area contributed by atoms with Crippen molar-refractivity contribution < 1.29 is 14.3 Å².